The van der Waals surface area contributed by atoms with E-state index in [0.29, 0.717) is 22.7 Å². The minimum atomic E-state index is -0.908. The normalized spacial score (nSPS) is 24.1. The molecule has 0 aromatic carbocycles. The van der Waals surface area contributed by atoms with Crippen molar-refractivity contribution < 1.29 is 14.3 Å². The van der Waals surface area contributed by atoms with Gasteiger partial charge < -0.3 is 5.11 Å². The Morgan fingerprint density at radius 1 is 1.41 bits per heavy atom. The zero-order valence-corrected chi connectivity index (χ0v) is 18.2. The lowest BCUT2D eigenvalue weighted by molar-refractivity contribution is 0.0417. The number of fused-ring (bicyclic) bond motifs is 3. The number of pyridine rings is 1. The topological polar surface area (TPSA) is 79.2 Å². The summed E-state index contributed by atoms with van der Waals surface area (Å²) < 4.78 is 14.7. The van der Waals surface area contributed by atoms with E-state index < -0.39 is 17.4 Å². The van der Waals surface area contributed by atoms with Crippen molar-refractivity contribution in [1.82, 2.24) is 19.9 Å². The van der Waals surface area contributed by atoms with E-state index in [9.17, 15) is 14.3 Å². The maximum absolute atomic E-state index is 14.7. The molecule has 6 nitrogen and oxygen atoms in total. The third-order valence-electron chi connectivity index (χ3n) is 6.14. The Bertz CT molecular complexity index is 1050. The van der Waals surface area contributed by atoms with Crippen LogP contribution in [0.3, 0.4) is 0 Å². The number of hydrogen-bond acceptors (Lipinski definition) is 5. The first-order valence-corrected chi connectivity index (χ1v) is 11.0. The smallest absolute Gasteiger partial charge is 0.408 e. The summed E-state index contributed by atoms with van der Waals surface area (Å²) in [5, 5.41) is 10.6. The third-order valence-corrected chi connectivity index (χ3v) is 6.95. The van der Waals surface area contributed by atoms with Crippen LogP contribution in [0.2, 0.25) is 5.15 Å². The largest absolute Gasteiger partial charge is 0.465 e. The number of carboxylic acid groups (broad SMARTS) is 1. The summed E-state index contributed by atoms with van der Waals surface area (Å²) in [5.41, 5.74) is 0.688. The molecule has 0 spiro atoms. The first kappa shape index (κ1) is 20.3. The molecule has 154 valence electrons. The predicted molar refractivity (Wildman–Crippen MR) is 112 cm³/mol. The van der Waals surface area contributed by atoms with Crippen LogP contribution in [0.5, 0.6) is 0 Å². The number of aromatic nitrogens is 3. The Hall–Kier alpha value is -1.93. The highest BCUT2D eigenvalue weighted by Gasteiger charge is 2.56. The van der Waals surface area contributed by atoms with Gasteiger partial charge in [0.15, 0.2) is 16.1 Å². The van der Waals surface area contributed by atoms with Gasteiger partial charge in [-0.2, -0.15) is 0 Å². The standard InChI is InChI=1S/C20H22ClFN4O2S/c1-19(2,3)20-6-5-11(26(20)18(27)28)7-10(8-20)14-12-9-23-16(21)13(22)15(12)25-17(24-14)29-4/h8-9,11H,5-7H2,1-4H3,(H,27,28)/t11-,20+/m1/s1. The van der Waals surface area contributed by atoms with Crippen molar-refractivity contribution in [2.24, 2.45) is 5.41 Å². The molecule has 29 heavy (non-hydrogen) atoms. The minimum absolute atomic E-state index is 0.137. The number of hydrogen-bond donors (Lipinski definition) is 1. The Balaban J connectivity index is 1.99. The van der Waals surface area contributed by atoms with E-state index in [-0.39, 0.29) is 22.1 Å². The van der Waals surface area contributed by atoms with Gasteiger partial charge in [0.1, 0.15) is 5.52 Å². The van der Waals surface area contributed by atoms with Gasteiger partial charge >= 0.3 is 6.09 Å². The second-order valence-electron chi connectivity index (χ2n) is 8.58. The van der Waals surface area contributed by atoms with Crippen LogP contribution >= 0.6 is 23.4 Å². The molecule has 2 bridgehead atoms. The lowest BCUT2D eigenvalue weighted by atomic mass is 9.70. The molecule has 2 aliphatic heterocycles. The van der Waals surface area contributed by atoms with Crippen LogP contribution in [-0.4, -0.2) is 48.9 Å². The monoisotopic (exact) mass is 436 g/mol. The van der Waals surface area contributed by atoms with E-state index in [1.165, 1.54) is 18.0 Å². The van der Waals surface area contributed by atoms with Crippen molar-refractivity contribution in [3.8, 4) is 0 Å². The Labute approximate surface area is 177 Å². The molecule has 2 aromatic rings. The van der Waals surface area contributed by atoms with E-state index in [4.69, 9.17) is 11.6 Å². The molecule has 0 radical (unpaired) electrons. The van der Waals surface area contributed by atoms with E-state index in [0.717, 1.165) is 18.4 Å². The average molecular weight is 437 g/mol. The van der Waals surface area contributed by atoms with Gasteiger partial charge in [0.2, 0.25) is 0 Å². The second kappa shape index (κ2) is 6.80. The molecule has 2 aliphatic rings. The van der Waals surface area contributed by atoms with Gasteiger partial charge in [0.05, 0.1) is 11.2 Å². The van der Waals surface area contributed by atoms with Gasteiger partial charge in [-0.05, 0) is 36.5 Å². The number of amides is 1. The molecular weight excluding hydrogens is 415 g/mol. The lowest BCUT2D eigenvalue weighted by Crippen LogP contribution is -2.58. The van der Waals surface area contributed by atoms with Gasteiger partial charge in [-0.15, -0.1) is 0 Å². The quantitative estimate of drug-likeness (QED) is 0.393. The zero-order valence-electron chi connectivity index (χ0n) is 16.7. The molecule has 2 atom stereocenters. The number of nitrogens with zero attached hydrogens (tertiary/aromatic N) is 4. The van der Waals surface area contributed by atoms with Crippen molar-refractivity contribution in [1.29, 1.82) is 0 Å². The van der Waals surface area contributed by atoms with Gasteiger partial charge in [-0.25, -0.2) is 24.1 Å². The maximum atomic E-state index is 14.7. The van der Waals surface area contributed by atoms with Gasteiger partial charge in [0.25, 0.3) is 0 Å². The molecule has 1 fully saturated rings. The van der Waals surface area contributed by atoms with E-state index in [1.807, 2.05) is 12.3 Å². The maximum Gasteiger partial charge on any atom is 0.408 e. The molecule has 0 saturated carbocycles. The molecule has 1 N–H and O–H groups in total. The fourth-order valence-corrected chi connectivity index (χ4v) is 5.20. The highest BCUT2D eigenvalue weighted by molar-refractivity contribution is 7.98. The first-order valence-electron chi connectivity index (χ1n) is 9.39. The summed E-state index contributed by atoms with van der Waals surface area (Å²) in [6, 6.07) is -0.139. The number of rotatable bonds is 2. The Morgan fingerprint density at radius 3 is 2.76 bits per heavy atom. The molecule has 4 rings (SSSR count). The minimum Gasteiger partial charge on any atom is -0.465 e. The number of carbonyl (C=O) groups is 1. The van der Waals surface area contributed by atoms with E-state index in [2.05, 4.69) is 35.7 Å². The predicted octanol–water partition coefficient (Wildman–Crippen LogP) is 5.25. The van der Waals surface area contributed by atoms with Crippen molar-refractivity contribution in [3.05, 3.63) is 28.9 Å². The van der Waals surface area contributed by atoms with Crippen molar-refractivity contribution in [2.45, 2.75) is 56.8 Å². The molecular formula is C20H22ClFN4O2S. The summed E-state index contributed by atoms with van der Waals surface area (Å²) in [5.74, 6) is -0.666. The fraction of sp³-hybridized carbons (Fsp3) is 0.500. The van der Waals surface area contributed by atoms with Crippen LogP contribution in [0.15, 0.2) is 17.4 Å². The summed E-state index contributed by atoms with van der Waals surface area (Å²) in [7, 11) is 0. The molecule has 1 saturated heterocycles. The molecule has 0 aliphatic carbocycles. The SMILES string of the molecule is CSc1nc(C2=C[C@]3(C(C)(C)C)CC[C@H](C2)N3C(=O)O)c2cnc(Cl)c(F)c2n1. The summed E-state index contributed by atoms with van der Waals surface area (Å²) >= 11 is 7.19. The molecule has 0 unspecified atom stereocenters. The Morgan fingerprint density at radius 2 is 2.14 bits per heavy atom. The molecule has 2 aromatic heterocycles. The summed E-state index contributed by atoms with van der Waals surface area (Å²) in [6.45, 7) is 6.16. The lowest BCUT2D eigenvalue weighted by Gasteiger charge is -2.49. The molecule has 1 amide bonds. The van der Waals surface area contributed by atoms with Gasteiger partial charge in [-0.1, -0.05) is 50.2 Å². The highest BCUT2D eigenvalue weighted by Crippen LogP contribution is 2.53. The van der Waals surface area contributed by atoms with Crippen LogP contribution in [-0.2, 0) is 0 Å². The summed E-state index contributed by atoms with van der Waals surface area (Å²) in [4.78, 5) is 26.6. The Kier molecular flexibility index (Phi) is 4.77. The van der Waals surface area contributed by atoms with Crippen LogP contribution in [0, 0.1) is 11.2 Å². The second-order valence-corrected chi connectivity index (χ2v) is 9.71. The van der Waals surface area contributed by atoms with E-state index >= 15 is 0 Å². The van der Waals surface area contributed by atoms with Crippen LogP contribution in [0.25, 0.3) is 16.5 Å². The van der Waals surface area contributed by atoms with Crippen LogP contribution in [0.4, 0.5) is 9.18 Å². The van der Waals surface area contributed by atoms with Crippen LogP contribution in [0.1, 0.15) is 45.7 Å². The third kappa shape index (κ3) is 2.99. The average Bonchev–Trinajstić information content (AvgIpc) is 2.92. The summed E-state index contributed by atoms with van der Waals surface area (Å²) in [6.07, 6.45) is 6.49. The van der Waals surface area contributed by atoms with Gasteiger partial charge in [0, 0.05) is 17.6 Å². The fourth-order valence-electron chi connectivity index (χ4n) is 4.69. The number of thioether (sulfide) groups is 1. The molecule has 9 heteroatoms. The van der Waals surface area contributed by atoms with Crippen molar-refractivity contribution in [2.75, 3.05) is 6.26 Å². The van der Waals surface area contributed by atoms with Crippen molar-refractivity contribution in [3.63, 3.8) is 0 Å². The van der Waals surface area contributed by atoms with Crippen LogP contribution < -0.4 is 0 Å². The molecule has 4 heterocycles. The number of halogens is 2. The van der Waals surface area contributed by atoms with Gasteiger partial charge in [-0.3, -0.25) is 4.90 Å². The van der Waals surface area contributed by atoms with E-state index in [1.54, 1.807) is 4.90 Å². The van der Waals surface area contributed by atoms with Crippen molar-refractivity contribution >= 4 is 45.9 Å². The first-order chi connectivity index (χ1) is 13.6. The highest BCUT2D eigenvalue weighted by atomic mass is 35.5. The zero-order chi connectivity index (χ0) is 21.1.